The number of thiophene rings is 2. The van der Waals surface area contributed by atoms with E-state index in [0.29, 0.717) is 0 Å². The molecule has 0 bridgehead atoms. The third-order valence-electron chi connectivity index (χ3n) is 3.14. The Hall–Kier alpha value is -0.385. The molecule has 0 amide bonds. The van der Waals surface area contributed by atoms with Crippen LogP contribution in [0.4, 0.5) is 0 Å². The molecule has 0 fully saturated rings. The van der Waals surface area contributed by atoms with Crippen LogP contribution in [-0.2, 0) is 5.41 Å². The van der Waals surface area contributed by atoms with E-state index in [2.05, 4.69) is 15.9 Å². The second-order valence-electron chi connectivity index (χ2n) is 4.64. The number of hydrogen-bond acceptors (Lipinski definition) is 3. The molecule has 0 aromatic carbocycles. The van der Waals surface area contributed by atoms with Crippen molar-refractivity contribution in [3.05, 3.63) is 27.0 Å². The van der Waals surface area contributed by atoms with Gasteiger partial charge < -0.3 is 0 Å². The van der Waals surface area contributed by atoms with E-state index in [-0.39, 0.29) is 5.78 Å². The molecule has 0 aliphatic heterocycles. The van der Waals surface area contributed by atoms with Crippen molar-refractivity contribution in [2.75, 3.05) is 0 Å². The highest BCUT2D eigenvalue weighted by Gasteiger charge is 2.40. The first kappa shape index (κ1) is 11.7. The van der Waals surface area contributed by atoms with Gasteiger partial charge in [0.1, 0.15) is 7.85 Å². The predicted octanol–water partition coefficient (Wildman–Crippen LogP) is 3.51. The van der Waals surface area contributed by atoms with Crippen LogP contribution in [-0.4, -0.2) is 13.6 Å². The molecule has 1 aliphatic rings. The number of hydrogen-bond donors (Lipinski definition) is 0. The zero-order valence-corrected chi connectivity index (χ0v) is 12.6. The van der Waals surface area contributed by atoms with Crippen LogP contribution in [0.2, 0.25) is 0 Å². The topological polar surface area (TPSA) is 17.1 Å². The van der Waals surface area contributed by atoms with Crippen LogP contribution in [0.1, 0.15) is 29.8 Å². The first-order valence-electron chi connectivity index (χ1n) is 5.15. The van der Waals surface area contributed by atoms with Gasteiger partial charge >= 0.3 is 0 Å². The second kappa shape index (κ2) is 3.56. The zero-order chi connectivity index (χ0) is 12.4. The fraction of sp³-hybridized carbons (Fsp3) is 0.250. The second-order valence-corrected chi connectivity index (χ2v) is 8.15. The van der Waals surface area contributed by atoms with Gasteiger partial charge in [0.25, 0.3) is 0 Å². The van der Waals surface area contributed by atoms with Crippen molar-refractivity contribution < 1.29 is 4.79 Å². The normalized spacial score (nSPS) is 16.8. The Morgan fingerprint density at radius 1 is 1.24 bits per heavy atom. The van der Waals surface area contributed by atoms with Gasteiger partial charge in [0.05, 0.1) is 14.1 Å². The minimum Gasteiger partial charge on any atom is -0.293 e. The third kappa shape index (κ3) is 1.52. The maximum atomic E-state index is 12.5. The lowest BCUT2D eigenvalue weighted by atomic mass is 9.74. The Morgan fingerprint density at radius 3 is 2.65 bits per heavy atom. The van der Waals surface area contributed by atoms with Crippen LogP contribution in [0.25, 0.3) is 9.75 Å². The molecule has 0 N–H and O–H groups in total. The summed E-state index contributed by atoms with van der Waals surface area (Å²) in [5.41, 5.74) is 1.41. The van der Waals surface area contributed by atoms with Crippen molar-refractivity contribution in [3.8, 4) is 9.75 Å². The Balaban J connectivity index is 2.40. The molecule has 3 rings (SSSR count). The first-order valence-corrected chi connectivity index (χ1v) is 7.58. The zero-order valence-electron chi connectivity index (χ0n) is 9.33. The van der Waals surface area contributed by atoms with Crippen LogP contribution in [0.15, 0.2) is 15.9 Å². The summed E-state index contributed by atoms with van der Waals surface area (Å²) in [7, 11) is 5.89. The monoisotopic (exact) mass is 322 g/mol. The Kier molecular flexibility index (Phi) is 2.45. The van der Waals surface area contributed by atoms with Gasteiger partial charge in [-0.15, -0.1) is 11.3 Å². The van der Waals surface area contributed by atoms with E-state index in [4.69, 9.17) is 7.85 Å². The van der Waals surface area contributed by atoms with Crippen LogP contribution >= 0.6 is 38.6 Å². The summed E-state index contributed by atoms with van der Waals surface area (Å²) in [4.78, 5) is 14.7. The molecular weight excluding hydrogens is 315 g/mol. The number of ketones is 1. The summed E-state index contributed by atoms with van der Waals surface area (Å²) in [6.07, 6.45) is 0. The lowest BCUT2D eigenvalue weighted by Gasteiger charge is -2.28. The summed E-state index contributed by atoms with van der Waals surface area (Å²) in [5.74, 6) is 0.180. The average Bonchev–Trinajstić information content (AvgIpc) is 2.79. The number of carbonyl (C=O) groups excluding carboxylic acids is 1. The predicted molar refractivity (Wildman–Crippen MR) is 78.1 cm³/mol. The highest BCUT2D eigenvalue weighted by Crippen LogP contribution is 2.49. The van der Waals surface area contributed by atoms with Crippen molar-refractivity contribution in [1.29, 1.82) is 0 Å². The van der Waals surface area contributed by atoms with E-state index in [1.165, 1.54) is 0 Å². The van der Waals surface area contributed by atoms with Gasteiger partial charge in [-0.2, -0.15) is 11.3 Å². The summed E-state index contributed by atoms with van der Waals surface area (Å²) in [5, 5.41) is 0. The van der Waals surface area contributed by atoms with Crippen molar-refractivity contribution in [1.82, 2.24) is 0 Å². The fourth-order valence-corrected chi connectivity index (χ4v) is 5.04. The maximum absolute atomic E-state index is 12.5. The lowest BCUT2D eigenvalue weighted by Crippen LogP contribution is -2.31. The van der Waals surface area contributed by atoms with E-state index < -0.39 is 5.41 Å². The summed E-state index contributed by atoms with van der Waals surface area (Å²) in [6.45, 7) is 3.93. The SMILES string of the molecule is [B]c1cc2c(s1)-c1sc(Br)cc1C(=O)C2(C)C. The molecule has 1 nitrogen and oxygen atoms in total. The van der Waals surface area contributed by atoms with E-state index in [1.807, 2.05) is 26.0 Å². The van der Waals surface area contributed by atoms with E-state index in [0.717, 1.165) is 29.4 Å². The minimum absolute atomic E-state index is 0.180. The summed E-state index contributed by atoms with van der Waals surface area (Å²) < 4.78 is 1.76. The van der Waals surface area contributed by atoms with Gasteiger partial charge in [-0.1, -0.05) is 6.07 Å². The number of fused-ring (bicyclic) bond motifs is 3. The molecule has 1 aliphatic carbocycles. The van der Waals surface area contributed by atoms with Gasteiger partial charge in [-0.3, -0.25) is 4.79 Å². The maximum Gasteiger partial charge on any atom is 0.174 e. The molecule has 5 heteroatoms. The molecule has 0 atom stereocenters. The standard InChI is InChI=1S/C12H8BBrOS2/c1-12(2)6-4-7(13)16-10(6)9-5(11(12)15)3-8(14)17-9/h3-4H,1-2H3. The van der Waals surface area contributed by atoms with Crippen LogP contribution in [0, 0.1) is 0 Å². The molecule has 2 aromatic rings. The van der Waals surface area contributed by atoms with Crippen molar-refractivity contribution in [3.63, 3.8) is 0 Å². The van der Waals surface area contributed by atoms with Crippen molar-refractivity contribution in [2.24, 2.45) is 0 Å². The Bertz CT molecular complexity index is 639. The third-order valence-corrected chi connectivity index (χ3v) is 5.91. The lowest BCUT2D eigenvalue weighted by molar-refractivity contribution is 0.0908. The largest absolute Gasteiger partial charge is 0.293 e. The molecule has 2 aromatic heterocycles. The molecule has 2 radical (unpaired) electrons. The van der Waals surface area contributed by atoms with E-state index in [9.17, 15) is 4.79 Å². The van der Waals surface area contributed by atoms with E-state index in [1.54, 1.807) is 22.7 Å². The molecule has 2 heterocycles. The number of rotatable bonds is 0. The van der Waals surface area contributed by atoms with Gasteiger partial charge in [0.15, 0.2) is 5.78 Å². The smallest absolute Gasteiger partial charge is 0.174 e. The molecular formula is C12H8BBrOS2. The number of carbonyl (C=O) groups is 1. The number of Topliss-reactive ketones (excluding diaryl/α,β-unsaturated/α-hetero) is 1. The molecule has 0 saturated heterocycles. The summed E-state index contributed by atoms with van der Waals surface area (Å²) in [6, 6.07) is 3.86. The Labute approximate surface area is 117 Å². The van der Waals surface area contributed by atoms with Crippen LogP contribution in [0.5, 0.6) is 0 Å². The van der Waals surface area contributed by atoms with Gasteiger partial charge in [0, 0.05) is 10.4 Å². The molecule has 0 unspecified atom stereocenters. The average molecular weight is 323 g/mol. The van der Waals surface area contributed by atoms with E-state index >= 15 is 0 Å². The van der Waals surface area contributed by atoms with Gasteiger partial charge in [0.2, 0.25) is 0 Å². The van der Waals surface area contributed by atoms with Crippen molar-refractivity contribution in [2.45, 2.75) is 19.3 Å². The summed E-state index contributed by atoms with van der Waals surface area (Å²) >= 11 is 6.62. The van der Waals surface area contributed by atoms with Gasteiger partial charge in [-0.05, 0) is 46.2 Å². The molecule has 84 valence electrons. The Morgan fingerprint density at radius 2 is 1.94 bits per heavy atom. The minimum atomic E-state index is -0.475. The first-order chi connectivity index (χ1) is 7.91. The highest BCUT2D eigenvalue weighted by molar-refractivity contribution is 9.11. The molecule has 0 spiro atoms. The number of halogens is 1. The van der Waals surface area contributed by atoms with Crippen LogP contribution < -0.4 is 4.78 Å². The molecule has 0 saturated carbocycles. The molecule has 17 heavy (non-hydrogen) atoms. The van der Waals surface area contributed by atoms with Gasteiger partial charge in [-0.25, -0.2) is 0 Å². The fourth-order valence-electron chi connectivity index (χ4n) is 2.20. The highest BCUT2D eigenvalue weighted by atomic mass is 79.9. The quantitative estimate of drug-likeness (QED) is 0.678. The van der Waals surface area contributed by atoms with Crippen molar-refractivity contribution >= 4 is 57.0 Å². The van der Waals surface area contributed by atoms with Crippen LogP contribution in [0.3, 0.4) is 0 Å².